The summed E-state index contributed by atoms with van der Waals surface area (Å²) >= 11 is 0. The molecule has 0 spiro atoms. The molecular formula is C22H25NO6. The van der Waals surface area contributed by atoms with Crippen molar-refractivity contribution >= 4 is 23.6 Å². The zero-order valence-electron chi connectivity index (χ0n) is 17.0. The second-order valence-electron chi connectivity index (χ2n) is 6.00. The van der Waals surface area contributed by atoms with Gasteiger partial charge in [-0.15, -0.1) is 0 Å². The van der Waals surface area contributed by atoms with Crippen molar-refractivity contribution in [3.05, 3.63) is 53.6 Å². The van der Waals surface area contributed by atoms with Crippen LogP contribution in [0.2, 0.25) is 0 Å². The normalized spacial score (nSPS) is 10.5. The van der Waals surface area contributed by atoms with Gasteiger partial charge in [0.05, 0.1) is 33.5 Å². The molecule has 2 aromatic carbocycles. The van der Waals surface area contributed by atoms with E-state index in [-0.39, 0.29) is 5.91 Å². The number of esters is 1. The summed E-state index contributed by atoms with van der Waals surface area (Å²) in [6, 6.07) is 10.1. The molecule has 0 aliphatic rings. The summed E-state index contributed by atoms with van der Waals surface area (Å²) in [6.07, 6.45) is 3.75. The summed E-state index contributed by atoms with van der Waals surface area (Å²) in [5, 5.41) is 2.72. The molecule has 0 bridgehead atoms. The highest BCUT2D eigenvalue weighted by atomic mass is 16.5. The van der Waals surface area contributed by atoms with Crippen LogP contribution in [0.5, 0.6) is 17.2 Å². The molecule has 0 heterocycles. The van der Waals surface area contributed by atoms with E-state index in [1.807, 2.05) is 6.92 Å². The van der Waals surface area contributed by atoms with E-state index >= 15 is 0 Å². The molecule has 1 amide bonds. The van der Waals surface area contributed by atoms with Crippen LogP contribution >= 0.6 is 0 Å². The van der Waals surface area contributed by atoms with E-state index in [4.69, 9.17) is 18.9 Å². The first-order valence-electron chi connectivity index (χ1n) is 9.08. The van der Waals surface area contributed by atoms with Crippen LogP contribution < -0.4 is 19.5 Å². The van der Waals surface area contributed by atoms with E-state index in [1.165, 1.54) is 27.4 Å². The molecule has 7 heteroatoms. The number of hydrogen-bond donors (Lipinski definition) is 1. The van der Waals surface area contributed by atoms with Gasteiger partial charge in [-0.1, -0.05) is 13.0 Å². The molecule has 7 nitrogen and oxygen atoms in total. The summed E-state index contributed by atoms with van der Waals surface area (Å²) in [5.74, 6) is 0.688. The van der Waals surface area contributed by atoms with Crippen molar-refractivity contribution in [1.82, 2.24) is 0 Å². The van der Waals surface area contributed by atoms with Crippen LogP contribution in [0, 0.1) is 0 Å². The third-order valence-corrected chi connectivity index (χ3v) is 3.92. The number of rotatable bonds is 9. The van der Waals surface area contributed by atoms with E-state index < -0.39 is 5.97 Å². The number of carbonyl (C=O) groups excluding carboxylic acids is 2. The van der Waals surface area contributed by atoms with E-state index in [0.717, 1.165) is 6.42 Å². The zero-order valence-corrected chi connectivity index (χ0v) is 17.0. The van der Waals surface area contributed by atoms with E-state index in [1.54, 1.807) is 42.5 Å². The molecule has 0 atom stereocenters. The van der Waals surface area contributed by atoms with Gasteiger partial charge in [0.15, 0.2) is 11.5 Å². The molecule has 154 valence electrons. The smallest absolute Gasteiger partial charge is 0.338 e. The maximum Gasteiger partial charge on any atom is 0.338 e. The van der Waals surface area contributed by atoms with Crippen LogP contribution in [0.3, 0.4) is 0 Å². The average Bonchev–Trinajstić information content (AvgIpc) is 2.75. The second kappa shape index (κ2) is 10.8. The highest BCUT2D eigenvalue weighted by Crippen LogP contribution is 2.38. The standard InChI is InChI=1S/C22H25NO6/c1-5-11-29-22(25)16-7-6-8-17(14-16)23-20(24)10-9-15-12-18(26-2)21(28-4)19(13-15)27-3/h6-10,12-14H,5,11H2,1-4H3,(H,23,24). The number of benzene rings is 2. The minimum atomic E-state index is -0.420. The third kappa shape index (κ3) is 6.00. The summed E-state index contributed by atoms with van der Waals surface area (Å²) in [6.45, 7) is 2.27. The Morgan fingerprint density at radius 2 is 1.69 bits per heavy atom. The largest absolute Gasteiger partial charge is 0.493 e. The number of carbonyl (C=O) groups is 2. The Morgan fingerprint density at radius 3 is 2.28 bits per heavy atom. The van der Waals surface area contributed by atoms with Crippen LogP contribution in [0.1, 0.15) is 29.3 Å². The fourth-order valence-electron chi connectivity index (χ4n) is 2.56. The minimum Gasteiger partial charge on any atom is -0.493 e. The first-order chi connectivity index (χ1) is 14.0. The summed E-state index contributed by atoms with van der Waals surface area (Å²) in [7, 11) is 4.57. The Kier molecular flexibility index (Phi) is 8.09. The van der Waals surface area contributed by atoms with Crippen LogP contribution in [0.4, 0.5) is 5.69 Å². The lowest BCUT2D eigenvalue weighted by Crippen LogP contribution is -2.10. The lowest BCUT2D eigenvalue weighted by molar-refractivity contribution is -0.111. The Labute approximate surface area is 170 Å². The second-order valence-corrected chi connectivity index (χ2v) is 6.00. The number of ether oxygens (including phenoxy) is 4. The van der Waals surface area contributed by atoms with Gasteiger partial charge in [0.1, 0.15) is 0 Å². The van der Waals surface area contributed by atoms with Crippen molar-refractivity contribution < 1.29 is 28.5 Å². The maximum atomic E-state index is 12.3. The molecule has 1 N–H and O–H groups in total. The molecule has 0 aliphatic carbocycles. The van der Waals surface area contributed by atoms with E-state index in [2.05, 4.69) is 5.32 Å². The van der Waals surface area contributed by atoms with Gasteiger partial charge < -0.3 is 24.3 Å². The SMILES string of the molecule is CCCOC(=O)c1cccc(NC(=O)C=Cc2cc(OC)c(OC)c(OC)c2)c1. The van der Waals surface area contributed by atoms with Crippen molar-refractivity contribution in [2.75, 3.05) is 33.3 Å². The van der Waals surface area contributed by atoms with Crippen molar-refractivity contribution in [1.29, 1.82) is 0 Å². The van der Waals surface area contributed by atoms with Gasteiger partial charge in [-0.05, 0) is 48.4 Å². The number of nitrogens with one attached hydrogen (secondary N) is 1. The molecule has 29 heavy (non-hydrogen) atoms. The predicted octanol–water partition coefficient (Wildman–Crippen LogP) is 3.93. The lowest BCUT2D eigenvalue weighted by atomic mass is 10.1. The maximum absolute atomic E-state index is 12.3. The van der Waals surface area contributed by atoms with E-state index in [9.17, 15) is 9.59 Å². The van der Waals surface area contributed by atoms with Gasteiger partial charge in [-0.2, -0.15) is 0 Å². The van der Waals surface area contributed by atoms with Crippen molar-refractivity contribution in [2.24, 2.45) is 0 Å². The summed E-state index contributed by atoms with van der Waals surface area (Å²) in [5.41, 5.74) is 1.58. The summed E-state index contributed by atoms with van der Waals surface area (Å²) in [4.78, 5) is 24.2. The molecule has 0 aliphatic heterocycles. The molecule has 0 unspecified atom stereocenters. The monoisotopic (exact) mass is 399 g/mol. The Balaban J connectivity index is 2.11. The topological polar surface area (TPSA) is 83.1 Å². The molecule has 2 rings (SSSR count). The van der Waals surface area contributed by atoms with Crippen molar-refractivity contribution in [3.63, 3.8) is 0 Å². The number of anilines is 1. The predicted molar refractivity (Wildman–Crippen MR) is 111 cm³/mol. The molecular weight excluding hydrogens is 374 g/mol. The molecule has 0 fully saturated rings. The van der Waals surface area contributed by atoms with E-state index in [0.29, 0.717) is 40.7 Å². The van der Waals surface area contributed by atoms with Crippen molar-refractivity contribution in [2.45, 2.75) is 13.3 Å². The van der Waals surface area contributed by atoms with Gasteiger partial charge in [0.25, 0.3) is 0 Å². The molecule has 0 saturated heterocycles. The number of hydrogen-bond acceptors (Lipinski definition) is 6. The fourth-order valence-corrected chi connectivity index (χ4v) is 2.56. The minimum absolute atomic E-state index is 0.349. The van der Waals surface area contributed by atoms with Gasteiger partial charge in [-0.3, -0.25) is 4.79 Å². The third-order valence-electron chi connectivity index (χ3n) is 3.92. The summed E-state index contributed by atoms with van der Waals surface area (Å²) < 4.78 is 21.0. The molecule has 0 saturated carbocycles. The van der Waals surface area contributed by atoms with Crippen LogP contribution in [-0.2, 0) is 9.53 Å². The lowest BCUT2D eigenvalue weighted by Gasteiger charge is -2.12. The Morgan fingerprint density at radius 1 is 1.00 bits per heavy atom. The molecule has 0 radical (unpaired) electrons. The highest BCUT2D eigenvalue weighted by Gasteiger charge is 2.12. The van der Waals surface area contributed by atoms with Crippen LogP contribution in [-0.4, -0.2) is 39.8 Å². The molecule has 2 aromatic rings. The Bertz CT molecular complexity index is 866. The van der Waals surface area contributed by atoms with Crippen LogP contribution in [0.15, 0.2) is 42.5 Å². The van der Waals surface area contributed by atoms with Crippen LogP contribution in [0.25, 0.3) is 6.08 Å². The Hall–Kier alpha value is -3.48. The first-order valence-corrected chi connectivity index (χ1v) is 9.08. The number of amides is 1. The fraction of sp³-hybridized carbons (Fsp3) is 0.273. The van der Waals surface area contributed by atoms with Gasteiger partial charge in [0, 0.05) is 11.8 Å². The highest BCUT2D eigenvalue weighted by molar-refractivity contribution is 6.02. The molecule has 0 aromatic heterocycles. The van der Waals surface area contributed by atoms with Gasteiger partial charge in [0.2, 0.25) is 11.7 Å². The first kappa shape index (κ1) is 21.8. The number of methoxy groups -OCH3 is 3. The van der Waals surface area contributed by atoms with Gasteiger partial charge in [-0.25, -0.2) is 4.79 Å². The average molecular weight is 399 g/mol. The van der Waals surface area contributed by atoms with Crippen molar-refractivity contribution in [3.8, 4) is 17.2 Å². The van der Waals surface area contributed by atoms with Gasteiger partial charge >= 0.3 is 5.97 Å². The quantitative estimate of drug-likeness (QED) is 0.508. The zero-order chi connectivity index (χ0) is 21.2.